The Morgan fingerprint density at radius 1 is 0.767 bits per heavy atom. The van der Waals surface area contributed by atoms with Crippen LogP contribution in [0.15, 0.2) is 54.6 Å². The molecule has 0 unspecified atom stereocenters. The number of carbonyl (C=O) groups excluding carboxylic acids is 2. The Bertz CT molecular complexity index is 830. The van der Waals surface area contributed by atoms with Crippen LogP contribution in [0, 0.1) is 0 Å². The van der Waals surface area contributed by atoms with Crippen molar-refractivity contribution in [2.75, 3.05) is 6.54 Å². The van der Waals surface area contributed by atoms with Crippen LogP contribution in [0.1, 0.15) is 63.0 Å². The molecule has 0 saturated carbocycles. The highest BCUT2D eigenvalue weighted by molar-refractivity contribution is 5.89. The molecule has 0 atom stereocenters. The minimum atomic E-state index is -0.567. The Balaban J connectivity index is 2.10. The molecule has 5 heteroatoms. The number of hydrogen-bond donors (Lipinski definition) is 0. The fourth-order valence-corrected chi connectivity index (χ4v) is 2.77. The maximum Gasteiger partial charge on any atom is 0.410 e. The fraction of sp³-hybridized carbons (Fsp3) is 0.440. The molecule has 30 heavy (non-hydrogen) atoms. The van der Waals surface area contributed by atoms with Gasteiger partial charge in [-0.15, -0.1) is 0 Å². The molecule has 0 aromatic heterocycles. The lowest BCUT2D eigenvalue weighted by molar-refractivity contribution is 0.00683. The van der Waals surface area contributed by atoms with Gasteiger partial charge in [0.2, 0.25) is 0 Å². The molecule has 0 radical (unpaired) electrons. The molecule has 5 nitrogen and oxygen atoms in total. The predicted molar refractivity (Wildman–Crippen MR) is 118 cm³/mol. The van der Waals surface area contributed by atoms with Crippen LogP contribution in [0.5, 0.6) is 0 Å². The van der Waals surface area contributed by atoms with Gasteiger partial charge in [0.25, 0.3) is 0 Å². The molecule has 2 aromatic carbocycles. The van der Waals surface area contributed by atoms with Gasteiger partial charge in [-0.2, -0.15) is 0 Å². The first-order chi connectivity index (χ1) is 13.9. The lowest BCUT2D eigenvalue weighted by Crippen LogP contribution is -2.37. The van der Waals surface area contributed by atoms with Gasteiger partial charge in [0.1, 0.15) is 11.2 Å². The first kappa shape index (κ1) is 23.5. The van der Waals surface area contributed by atoms with E-state index >= 15 is 0 Å². The number of amides is 1. The standard InChI is InChI=1S/C25H33NO4/c1-24(2,3)29-22(27)21-14-12-20(13-15-21)18-26(23(28)30-25(4,5)6)17-16-19-10-8-7-9-11-19/h7-15H,16-18H2,1-6H3. The third-order valence-electron chi connectivity index (χ3n) is 4.13. The van der Waals surface area contributed by atoms with Crippen LogP contribution in [-0.2, 0) is 22.4 Å². The highest BCUT2D eigenvalue weighted by atomic mass is 16.6. The topological polar surface area (TPSA) is 55.8 Å². The number of carbonyl (C=O) groups is 2. The Labute approximate surface area is 180 Å². The number of rotatable bonds is 6. The molecule has 2 rings (SSSR count). The SMILES string of the molecule is CC(C)(C)OC(=O)c1ccc(CN(CCc2ccccc2)C(=O)OC(C)(C)C)cc1. The van der Waals surface area contributed by atoms with E-state index in [1.54, 1.807) is 17.0 Å². The van der Waals surface area contributed by atoms with Crippen molar-refractivity contribution in [3.05, 3.63) is 71.3 Å². The van der Waals surface area contributed by atoms with Gasteiger partial charge in [0.05, 0.1) is 5.56 Å². The van der Waals surface area contributed by atoms with E-state index in [4.69, 9.17) is 9.47 Å². The fourth-order valence-electron chi connectivity index (χ4n) is 2.77. The minimum absolute atomic E-state index is 0.352. The number of hydrogen-bond acceptors (Lipinski definition) is 4. The lowest BCUT2D eigenvalue weighted by atomic mass is 10.1. The summed E-state index contributed by atoms with van der Waals surface area (Å²) in [4.78, 5) is 26.7. The van der Waals surface area contributed by atoms with E-state index in [0.717, 1.165) is 17.5 Å². The van der Waals surface area contributed by atoms with Gasteiger partial charge in [-0.05, 0) is 71.2 Å². The number of nitrogens with zero attached hydrogens (tertiary/aromatic N) is 1. The summed E-state index contributed by atoms with van der Waals surface area (Å²) in [5, 5.41) is 0. The maximum atomic E-state index is 12.7. The van der Waals surface area contributed by atoms with Crippen LogP contribution in [0.3, 0.4) is 0 Å². The molecule has 0 spiro atoms. The summed E-state index contributed by atoms with van der Waals surface area (Å²) in [6.45, 7) is 12.0. The van der Waals surface area contributed by atoms with Crippen LogP contribution < -0.4 is 0 Å². The van der Waals surface area contributed by atoms with Crippen molar-refractivity contribution >= 4 is 12.1 Å². The first-order valence-corrected chi connectivity index (χ1v) is 10.3. The van der Waals surface area contributed by atoms with Crippen LogP contribution in [-0.4, -0.2) is 34.7 Å². The molecule has 0 bridgehead atoms. The monoisotopic (exact) mass is 411 g/mol. The molecular formula is C25H33NO4. The highest BCUT2D eigenvalue weighted by Gasteiger charge is 2.23. The summed E-state index contributed by atoms with van der Waals surface area (Å²) >= 11 is 0. The smallest absolute Gasteiger partial charge is 0.410 e. The van der Waals surface area contributed by atoms with E-state index in [1.165, 1.54) is 0 Å². The van der Waals surface area contributed by atoms with Gasteiger partial charge in [-0.1, -0.05) is 42.5 Å². The molecule has 0 saturated heterocycles. The molecular weight excluding hydrogens is 378 g/mol. The Kier molecular flexibility index (Phi) is 7.65. The highest BCUT2D eigenvalue weighted by Crippen LogP contribution is 2.16. The van der Waals surface area contributed by atoms with Crippen LogP contribution in [0.25, 0.3) is 0 Å². The van der Waals surface area contributed by atoms with Gasteiger partial charge >= 0.3 is 12.1 Å². The average molecular weight is 412 g/mol. The van der Waals surface area contributed by atoms with Crippen molar-refractivity contribution in [2.45, 2.75) is 65.7 Å². The van der Waals surface area contributed by atoms with E-state index in [2.05, 4.69) is 0 Å². The molecule has 0 aliphatic carbocycles. The normalized spacial score (nSPS) is 11.7. The average Bonchev–Trinajstić information content (AvgIpc) is 2.63. The number of ether oxygens (including phenoxy) is 2. The molecule has 2 aromatic rings. The van der Waals surface area contributed by atoms with Crippen molar-refractivity contribution < 1.29 is 19.1 Å². The molecule has 0 heterocycles. The minimum Gasteiger partial charge on any atom is -0.456 e. The van der Waals surface area contributed by atoms with Gasteiger partial charge < -0.3 is 14.4 Å². The Morgan fingerprint density at radius 2 is 1.33 bits per heavy atom. The summed E-state index contributed by atoms with van der Waals surface area (Å²) in [7, 11) is 0. The van der Waals surface area contributed by atoms with Crippen LogP contribution >= 0.6 is 0 Å². The predicted octanol–water partition coefficient (Wildman–Crippen LogP) is 5.62. The van der Waals surface area contributed by atoms with E-state index in [9.17, 15) is 9.59 Å². The molecule has 162 valence electrons. The molecule has 0 N–H and O–H groups in total. The van der Waals surface area contributed by atoms with Crippen molar-refractivity contribution in [1.29, 1.82) is 0 Å². The largest absolute Gasteiger partial charge is 0.456 e. The van der Waals surface area contributed by atoms with Gasteiger partial charge in [-0.3, -0.25) is 0 Å². The van der Waals surface area contributed by atoms with E-state index < -0.39 is 11.2 Å². The molecule has 0 aliphatic rings. The summed E-state index contributed by atoms with van der Waals surface area (Å²) in [5.41, 5.74) is 1.46. The number of esters is 1. The lowest BCUT2D eigenvalue weighted by Gasteiger charge is -2.27. The van der Waals surface area contributed by atoms with E-state index in [0.29, 0.717) is 18.7 Å². The zero-order chi connectivity index (χ0) is 22.4. The van der Waals surface area contributed by atoms with Crippen molar-refractivity contribution in [2.24, 2.45) is 0 Å². The van der Waals surface area contributed by atoms with Gasteiger partial charge in [0.15, 0.2) is 0 Å². The Morgan fingerprint density at radius 3 is 1.87 bits per heavy atom. The molecule has 1 amide bonds. The number of benzene rings is 2. The summed E-state index contributed by atoms with van der Waals surface area (Å²) in [6, 6.07) is 17.2. The summed E-state index contributed by atoms with van der Waals surface area (Å²) < 4.78 is 11.0. The van der Waals surface area contributed by atoms with Gasteiger partial charge in [-0.25, -0.2) is 9.59 Å². The van der Waals surface area contributed by atoms with Crippen LogP contribution in [0.2, 0.25) is 0 Å². The second kappa shape index (κ2) is 9.79. The van der Waals surface area contributed by atoms with Crippen molar-refractivity contribution in [3.63, 3.8) is 0 Å². The first-order valence-electron chi connectivity index (χ1n) is 10.3. The van der Waals surface area contributed by atoms with E-state index in [1.807, 2.05) is 84.0 Å². The second-order valence-corrected chi connectivity index (χ2v) is 9.34. The summed E-state index contributed by atoms with van der Waals surface area (Å²) in [6.07, 6.45) is 0.380. The van der Waals surface area contributed by atoms with Gasteiger partial charge in [0, 0.05) is 13.1 Å². The van der Waals surface area contributed by atoms with Crippen molar-refractivity contribution in [3.8, 4) is 0 Å². The molecule has 0 aliphatic heterocycles. The quantitative estimate of drug-likeness (QED) is 0.579. The zero-order valence-electron chi connectivity index (χ0n) is 18.9. The third kappa shape index (κ3) is 8.27. The second-order valence-electron chi connectivity index (χ2n) is 9.34. The Hall–Kier alpha value is -2.82. The zero-order valence-corrected chi connectivity index (χ0v) is 18.9. The van der Waals surface area contributed by atoms with E-state index in [-0.39, 0.29) is 12.1 Å². The van der Waals surface area contributed by atoms with Crippen molar-refractivity contribution in [1.82, 2.24) is 4.90 Å². The summed E-state index contributed by atoms with van der Waals surface area (Å²) in [5.74, 6) is -0.359. The van der Waals surface area contributed by atoms with Crippen LogP contribution in [0.4, 0.5) is 4.79 Å². The molecule has 0 fully saturated rings. The maximum absolute atomic E-state index is 12.7. The third-order valence-corrected chi connectivity index (χ3v) is 4.13.